The molecular formula is C15H23BrN2. The number of nitrogens with zero attached hydrogens (tertiary/aromatic N) is 1. The molecule has 0 aliphatic carbocycles. The topological polar surface area (TPSA) is 29.3 Å². The average molecular weight is 311 g/mol. The Morgan fingerprint density at radius 3 is 2.67 bits per heavy atom. The van der Waals surface area contributed by atoms with Gasteiger partial charge >= 0.3 is 0 Å². The summed E-state index contributed by atoms with van der Waals surface area (Å²) in [6.45, 7) is 5.38. The third-order valence-electron chi connectivity index (χ3n) is 4.12. The van der Waals surface area contributed by atoms with Crippen molar-refractivity contribution in [2.24, 2.45) is 11.7 Å². The van der Waals surface area contributed by atoms with Crippen LogP contribution in [0.5, 0.6) is 0 Å². The van der Waals surface area contributed by atoms with Gasteiger partial charge in [-0.1, -0.05) is 41.4 Å². The first-order valence-corrected chi connectivity index (χ1v) is 7.73. The van der Waals surface area contributed by atoms with Crippen molar-refractivity contribution in [3.05, 3.63) is 34.3 Å². The Bertz CT molecular complexity index is 373. The summed E-state index contributed by atoms with van der Waals surface area (Å²) >= 11 is 3.55. The van der Waals surface area contributed by atoms with Gasteiger partial charge in [-0.3, -0.25) is 4.90 Å². The van der Waals surface area contributed by atoms with E-state index in [9.17, 15) is 0 Å². The Labute approximate surface area is 119 Å². The van der Waals surface area contributed by atoms with Gasteiger partial charge in [-0.25, -0.2) is 0 Å². The molecule has 100 valence electrons. The smallest absolute Gasteiger partial charge is 0.0470 e. The Balaban J connectivity index is 2.05. The van der Waals surface area contributed by atoms with E-state index in [1.807, 2.05) is 0 Å². The van der Waals surface area contributed by atoms with Crippen LogP contribution in [-0.2, 0) is 0 Å². The second-order valence-corrected chi connectivity index (χ2v) is 6.11. The van der Waals surface area contributed by atoms with Gasteiger partial charge in [-0.05, 0) is 49.5 Å². The quantitative estimate of drug-likeness (QED) is 0.921. The van der Waals surface area contributed by atoms with E-state index < -0.39 is 0 Å². The second kappa shape index (κ2) is 6.69. The summed E-state index contributed by atoms with van der Waals surface area (Å²) in [4.78, 5) is 2.55. The number of nitrogens with two attached hydrogens (primary N) is 1. The van der Waals surface area contributed by atoms with Gasteiger partial charge in [0.05, 0.1) is 0 Å². The molecule has 1 atom stereocenters. The van der Waals surface area contributed by atoms with Crippen molar-refractivity contribution >= 4 is 15.9 Å². The summed E-state index contributed by atoms with van der Waals surface area (Å²) in [5.74, 6) is 0.919. The Morgan fingerprint density at radius 2 is 2.11 bits per heavy atom. The molecule has 2 nitrogen and oxygen atoms in total. The van der Waals surface area contributed by atoms with Crippen molar-refractivity contribution in [2.45, 2.75) is 32.2 Å². The molecule has 2 rings (SSSR count). The minimum Gasteiger partial charge on any atom is -0.329 e. The van der Waals surface area contributed by atoms with Crippen LogP contribution in [0.2, 0.25) is 0 Å². The zero-order valence-corrected chi connectivity index (χ0v) is 12.7. The predicted molar refractivity (Wildman–Crippen MR) is 80.5 cm³/mol. The summed E-state index contributed by atoms with van der Waals surface area (Å²) in [5, 5.41) is 0. The van der Waals surface area contributed by atoms with Gasteiger partial charge in [-0.2, -0.15) is 0 Å². The van der Waals surface area contributed by atoms with Crippen LogP contribution in [0.1, 0.15) is 37.8 Å². The summed E-state index contributed by atoms with van der Waals surface area (Å²) in [6, 6.07) is 8.93. The van der Waals surface area contributed by atoms with Crippen molar-refractivity contribution in [2.75, 3.05) is 19.6 Å². The molecule has 1 aromatic carbocycles. The summed E-state index contributed by atoms with van der Waals surface area (Å²) < 4.78 is 1.14. The van der Waals surface area contributed by atoms with Gasteiger partial charge < -0.3 is 5.73 Å². The minimum atomic E-state index is 0.375. The molecule has 1 aliphatic rings. The number of hydrogen-bond acceptors (Lipinski definition) is 2. The lowest BCUT2D eigenvalue weighted by atomic mass is 9.92. The zero-order chi connectivity index (χ0) is 13.0. The number of hydrogen-bond donors (Lipinski definition) is 1. The Morgan fingerprint density at radius 1 is 1.39 bits per heavy atom. The lowest BCUT2D eigenvalue weighted by molar-refractivity contribution is 0.134. The van der Waals surface area contributed by atoms with Crippen LogP contribution in [-0.4, -0.2) is 24.5 Å². The normalized spacial score (nSPS) is 19.9. The molecule has 1 aliphatic heterocycles. The lowest BCUT2D eigenvalue weighted by Crippen LogP contribution is -2.39. The fourth-order valence-corrected chi connectivity index (χ4v) is 3.30. The van der Waals surface area contributed by atoms with Crippen LogP contribution in [0.25, 0.3) is 0 Å². The molecule has 2 N–H and O–H groups in total. The minimum absolute atomic E-state index is 0.375. The second-order valence-electron chi connectivity index (χ2n) is 5.19. The van der Waals surface area contributed by atoms with E-state index in [0.29, 0.717) is 12.6 Å². The van der Waals surface area contributed by atoms with E-state index in [-0.39, 0.29) is 0 Å². The van der Waals surface area contributed by atoms with Crippen LogP contribution in [0.15, 0.2) is 28.7 Å². The number of rotatable bonds is 4. The third kappa shape index (κ3) is 3.34. The molecule has 0 saturated carbocycles. The van der Waals surface area contributed by atoms with Crippen LogP contribution in [0.3, 0.4) is 0 Å². The van der Waals surface area contributed by atoms with E-state index in [0.717, 1.165) is 10.4 Å². The maximum Gasteiger partial charge on any atom is 0.0470 e. The highest BCUT2D eigenvalue weighted by atomic mass is 79.9. The maximum atomic E-state index is 6.00. The van der Waals surface area contributed by atoms with Gasteiger partial charge in [0.2, 0.25) is 0 Å². The van der Waals surface area contributed by atoms with Crippen LogP contribution in [0.4, 0.5) is 0 Å². The molecule has 0 aromatic heterocycles. The first kappa shape index (κ1) is 14.0. The van der Waals surface area contributed by atoms with Crippen LogP contribution in [0, 0.1) is 5.92 Å². The third-order valence-corrected chi connectivity index (χ3v) is 4.62. The molecule has 0 spiro atoms. The molecule has 1 heterocycles. The van der Waals surface area contributed by atoms with E-state index in [1.54, 1.807) is 0 Å². The highest BCUT2D eigenvalue weighted by molar-refractivity contribution is 9.10. The van der Waals surface area contributed by atoms with Crippen molar-refractivity contribution < 1.29 is 0 Å². The zero-order valence-electron chi connectivity index (χ0n) is 11.1. The van der Waals surface area contributed by atoms with Crippen molar-refractivity contribution in [1.29, 1.82) is 0 Å². The van der Waals surface area contributed by atoms with Crippen molar-refractivity contribution in [1.82, 2.24) is 4.90 Å². The molecule has 1 fully saturated rings. The fourth-order valence-electron chi connectivity index (χ4n) is 2.88. The SMILES string of the molecule is CCC1CCN(C(CN)c2cccc(Br)c2)CC1. The predicted octanol–water partition coefficient (Wildman–Crippen LogP) is 3.57. The molecular weight excluding hydrogens is 288 g/mol. The molecule has 0 radical (unpaired) electrons. The largest absolute Gasteiger partial charge is 0.329 e. The number of halogens is 1. The van der Waals surface area contributed by atoms with Crippen LogP contribution < -0.4 is 5.73 Å². The Kier molecular flexibility index (Phi) is 5.22. The molecule has 0 amide bonds. The van der Waals surface area contributed by atoms with Gasteiger partial charge in [0, 0.05) is 17.1 Å². The van der Waals surface area contributed by atoms with Crippen LogP contribution >= 0.6 is 15.9 Å². The first-order valence-electron chi connectivity index (χ1n) is 6.94. The molecule has 18 heavy (non-hydrogen) atoms. The molecule has 3 heteroatoms. The lowest BCUT2D eigenvalue weighted by Gasteiger charge is -2.37. The number of benzene rings is 1. The van der Waals surface area contributed by atoms with E-state index in [1.165, 1.54) is 37.9 Å². The van der Waals surface area contributed by atoms with E-state index in [2.05, 4.69) is 52.0 Å². The summed E-state index contributed by atoms with van der Waals surface area (Å²) in [6.07, 6.45) is 3.96. The highest BCUT2D eigenvalue weighted by Crippen LogP contribution is 2.28. The molecule has 1 aromatic rings. The Hall–Kier alpha value is -0.380. The van der Waals surface area contributed by atoms with E-state index >= 15 is 0 Å². The first-order chi connectivity index (χ1) is 8.74. The van der Waals surface area contributed by atoms with Gasteiger partial charge in [0.1, 0.15) is 0 Å². The van der Waals surface area contributed by atoms with Crippen molar-refractivity contribution in [3.63, 3.8) is 0 Å². The highest BCUT2D eigenvalue weighted by Gasteiger charge is 2.24. The fraction of sp³-hybridized carbons (Fsp3) is 0.600. The maximum absolute atomic E-state index is 6.00. The average Bonchev–Trinajstić information content (AvgIpc) is 2.40. The summed E-state index contributed by atoms with van der Waals surface area (Å²) in [7, 11) is 0. The van der Waals surface area contributed by atoms with E-state index in [4.69, 9.17) is 5.73 Å². The number of piperidine rings is 1. The number of likely N-dealkylation sites (tertiary alicyclic amines) is 1. The van der Waals surface area contributed by atoms with Gasteiger partial charge in [0.15, 0.2) is 0 Å². The van der Waals surface area contributed by atoms with Gasteiger partial charge in [-0.15, -0.1) is 0 Å². The molecule has 1 unspecified atom stereocenters. The molecule has 0 bridgehead atoms. The standard InChI is InChI=1S/C15H23BrN2/c1-2-12-6-8-18(9-7-12)15(11-17)13-4-3-5-14(16)10-13/h3-5,10,12,15H,2,6-9,11,17H2,1H3. The molecule has 1 saturated heterocycles. The monoisotopic (exact) mass is 310 g/mol. The van der Waals surface area contributed by atoms with Gasteiger partial charge in [0.25, 0.3) is 0 Å². The summed E-state index contributed by atoms with van der Waals surface area (Å²) in [5.41, 5.74) is 7.33. The van der Waals surface area contributed by atoms with Crippen molar-refractivity contribution in [3.8, 4) is 0 Å².